The maximum absolute atomic E-state index is 3.77. The highest BCUT2D eigenvalue weighted by Crippen LogP contribution is 2.31. The number of piperidine rings is 1. The van der Waals surface area contributed by atoms with Crippen molar-refractivity contribution in [3.63, 3.8) is 0 Å². The third-order valence-corrected chi connectivity index (χ3v) is 5.00. The van der Waals surface area contributed by atoms with Crippen LogP contribution in [0, 0.1) is 19.8 Å². The lowest BCUT2D eigenvalue weighted by Gasteiger charge is -2.40. The number of nitrogens with zero attached hydrogens (tertiary/aromatic N) is 1. The van der Waals surface area contributed by atoms with Crippen molar-refractivity contribution in [3.05, 3.63) is 27.7 Å². The Morgan fingerprint density at radius 1 is 1.26 bits per heavy atom. The van der Waals surface area contributed by atoms with E-state index in [1.54, 1.807) is 0 Å². The van der Waals surface area contributed by atoms with Gasteiger partial charge >= 0.3 is 0 Å². The van der Waals surface area contributed by atoms with Crippen molar-refractivity contribution in [1.82, 2.24) is 4.90 Å². The first-order chi connectivity index (χ1) is 8.88. The zero-order valence-corrected chi connectivity index (χ0v) is 14.2. The Hall–Kier alpha value is -0.540. The van der Waals surface area contributed by atoms with Crippen molar-refractivity contribution in [2.24, 2.45) is 5.92 Å². The standard InChI is InChI=1S/C16H25BrN2/c1-10-6-11(2)16(14(17)7-10)18-15-8-13(4)19(5)9-12(15)3/h6-7,12-13,15,18H,8-9H2,1-5H3. The summed E-state index contributed by atoms with van der Waals surface area (Å²) in [6.45, 7) is 10.2. The Bertz CT molecular complexity index is 435. The summed E-state index contributed by atoms with van der Waals surface area (Å²) in [6.07, 6.45) is 1.21. The van der Waals surface area contributed by atoms with E-state index in [2.05, 4.69) is 73.0 Å². The van der Waals surface area contributed by atoms with E-state index in [0.29, 0.717) is 18.0 Å². The predicted molar refractivity (Wildman–Crippen MR) is 86.9 cm³/mol. The molecule has 0 amide bonds. The SMILES string of the molecule is Cc1cc(C)c(NC2CC(C)N(C)CC2C)c(Br)c1. The highest BCUT2D eigenvalue weighted by molar-refractivity contribution is 9.10. The number of likely N-dealkylation sites (tertiary alicyclic amines) is 1. The summed E-state index contributed by atoms with van der Waals surface area (Å²) >= 11 is 3.70. The van der Waals surface area contributed by atoms with E-state index in [0.717, 1.165) is 0 Å². The number of aryl methyl sites for hydroxylation is 2. The van der Waals surface area contributed by atoms with Gasteiger partial charge in [0.25, 0.3) is 0 Å². The van der Waals surface area contributed by atoms with E-state index >= 15 is 0 Å². The molecule has 0 radical (unpaired) electrons. The van der Waals surface area contributed by atoms with Gasteiger partial charge in [-0.25, -0.2) is 0 Å². The highest BCUT2D eigenvalue weighted by atomic mass is 79.9. The molecule has 1 aliphatic rings. The van der Waals surface area contributed by atoms with E-state index in [-0.39, 0.29) is 0 Å². The summed E-state index contributed by atoms with van der Waals surface area (Å²) < 4.78 is 1.18. The van der Waals surface area contributed by atoms with Crippen LogP contribution in [0.15, 0.2) is 16.6 Å². The molecule has 1 fully saturated rings. The molecule has 1 heterocycles. The molecule has 1 N–H and O–H groups in total. The summed E-state index contributed by atoms with van der Waals surface area (Å²) in [5.41, 5.74) is 3.89. The van der Waals surface area contributed by atoms with Crippen molar-refractivity contribution in [2.75, 3.05) is 18.9 Å². The summed E-state index contributed by atoms with van der Waals surface area (Å²) in [7, 11) is 2.23. The van der Waals surface area contributed by atoms with E-state index < -0.39 is 0 Å². The van der Waals surface area contributed by atoms with Crippen molar-refractivity contribution in [2.45, 2.75) is 46.2 Å². The first-order valence-corrected chi connectivity index (χ1v) is 7.91. The summed E-state index contributed by atoms with van der Waals surface area (Å²) in [4.78, 5) is 2.46. The van der Waals surface area contributed by atoms with E-state index in [4.69, 9.17) is 0 Å². The van der Waals surface area contributed by atoms with Crippen LogP contribution in [0.25, 0.3) is 0 Å². The maximum Gasteiger partial charge on any atom is 0.0516 e. The van der Waals surface area contributed by atoms with Crippen LogP contribution >= 0.6 is 15.9 Å². The van der Waals surface area contributed by atoms with Crippen LogP contribution in [-0.2, 0) is 0 Å². The molecule has 1 aromatic carbocycles. The van der Waals surface area contributed by atoms with E-state index in [9.17, 15) is 0 Å². The van der Waals surface area contributed by atoms with Gasteiger partial charge in [-0.3, -0.25) is 0 Å². The van der Waals surface area contributed by atoms with Crippen molar-refractivity contribution < 1.29 is 0 Å². The van der Waals surface area contributed by atoms with Crippen LogP contribution in [0.4, 0.5) is 5.69 Å². The number of halogens is 1. The molecule has 3 unspecified atom stereocenters. The Kier molecular flexibility index (Phi) is 4.57. The molecule has 0 aliphatic carbocycles. The molecule has 19 heavy (non-hydrogen) atoms. The second-order valence-electron chi connectivity index (χ2n) is 6.19. The van der Waals surface area contributed by atoms with Crippen molar-refractivity contribution >= 4 is 21.6 Å². The summed E-state index contributed by atoms with van der Waals surface area (Å²) in [6, 6.07) is 5.65. The lowest BCUT2D eigenvalue weighted by Crippen LogP contribution is -2.48. The first kappa shape index (κ1) is 14.9. The Balaban J connectivity index is 2.17. The predicted octanol–water partition coefficient (Wildman–Crippen LogP) is 4.21. The van der Waals surface area contributed by atoms with Crippen LogP contribution in [0.5, 0.6) is 0 Å². The highest BCUT2D eigenvalue weighted by Gasteiger charge is 2.29. The molecule has 0 aromatic heterocycles. The van der Waals surface area contributed by atoms with Gasteiger partial charge in [-0.15, -0.1) is 0 Å². The topological polar surface area (TPSA) is 15.3 Å². The van der Waals surface area contributed by atoms with Crippen LogP contribution < -0.4 is 5.32 Å². The second kappa shape index (κ2) is 5.84. The largest absolute Gasteiger partial charge is 0.381 e. The average Bonchev–Trinajstić information content (AvgIpc) is 2.29. The van der Waals surface area contributed by atoms with Gasteiger partial charge in [-0.1, -0.05) is 13.0 Å². The van der Waals surface area contributed by atoms with Crippen molar-refractivity contribution in [3.8, 4) is 0 Å². The van der Waals surface area contributed by atoms with Gasteiger partial charge < -0.3 is 10.2 Å². The molecule has 3 atom stereocenters. The van der Waals surface area contributed by atoms with Crippen molar-refractivity contribution in [1.29, 1.82) is 0 Å². The molecule has 106 valence electrons. The minimum absolute atomic E-state index is 0.559. The van der Waals surface area contributed by atoms with E-state index in [1.807, 2.05) is 0 Å². The smallest absolute Gasteiger partial charge is 0.0516 e. The molecular weight excluding hydrogens is 300 g/mol. The number of hydrogen-bond donors (Lipinski definition) is 1. The lowest BCUT2D eigenvalue weighted by molar-refractivity contribution is 0.145. The third kappa shape index (κ3) is 3.32. The Morgan fingerprint density at radius 3 is 2.58 bits per heavy atom. The molecule has 0 bridgehead atoms. The second-order valence-corrected chi connectivity index (χ2v) is 7.05. The van der Waals surface area contributed by atoms with Gasteiger partial charge in [0.2, 0.25) is 0 Å². The number of anilines is 1. The normalized spacial score (nSPS) is 28.4. The molecule has 3 heteroatoms. The zero-order valence-electron chi connectivity index (χ0n) is 12.6. The quantitative estimate of drug-likeness (QED) is 0.876. The van der Waals surface area contributed by atoms with Gasteiger partial charge in [0.15, 0.2) is 0 Å². The average molecular weight is 325 g/mol. The molecule has 0 spiro atoms. The van der Waals surface area contributed by atoms with Crippen LogP contribution in [0.3, 0.4) is 0 Å². The molecule has 2 rings (SSSR count). The van der Waals surface area contributed by atoms with Gasteiger partial charge in [-0.2, -0.15) is 0 Å². The minimum atomic E-state index is 0.559. The Morgan fingerprint density at radius 2 is 1.95 bits per heavy atom. The van der Waals surface area contributed by atoms with Gasteiger partial charge in [-0.05, 0) is 73.3 Å². The first-order valence-electron chi connectivity index (χ1n) is 7.12. The van der Waals surface area contributed by atoms with Crippen LogP contribution in [0.2, 0.25) is 0 Å². The molecule has 2 nitrogen and oxygen atoms in total. The molecule has 1 saturated heterocycles. The fourth-order valence-corrected chi connectivity index (χ4v) is 3.81. The van der Waals surface area contributed by atoms with Crippen LogP contribution in [0.1, 0.15) is 31.4 Å². The number of hydrogen-bond acceptors (Lipinski definition) is 2. The Labute approximate surface area is 125 Å². The van der Waals surface area contributed by atoms with Gasteiger partial charge in [0.05, 0.1) is 5.69 Å². The molecular formula is C16H25BrN2. The number of rotatable bonds is 2. The van der Waals surface area contributed by atoms with Gasteiger partial charge in [0, 0.05) is 23.1 Å². The summed E-state index contributed by atoms with van der Waals surface area (Å²) in [5.74, 6) is 0.675. The van der Waals surface area contributed by atoms with E-state index in [1.165, 1.54) is 34.3 Å². The zero-order chi connectivity index (χ0) is 14.2. The maximum atomic E-state index is 3.77. The molecule has 0 saturated carbocycles. The molecule has 1 aliphatic heterocycles. The monoisotopic (exact) mass is 324 g/mol. The van der Waals surface area contributed by atoms with Gasteiger partial charge in [0.1, 0.15) is 0 Å². The summed E-state index contributed by atoms with van der Waals surface area (Å²) in [5, 5.41) is 3.77. The fraction of sp³-hybridized carbons (Fsp3) is 0.625. The minimum Gasteiger partial charge on any atom is -0.381 e. The third-order valence-electron chi connectivity index (χ3n) is 4.37. The molecule has 1 aromatic rings. The number of benzene rings is 1. The lowest BCUT2D eigenvalue weighted by atomic mass is 9.89. The number of nitrogens with one attached hydrogen (secondary N) is 1. The fourth-order valence-electron chi connectivity index (χ4n) is 3.03. The van der Waals surface area contributed by atoms with Crippen LogP contribution in [-0.4, -0.2) is 30.6 Å².